The van der Waals surface area contributed by atoms with Crippen LogP contribution < -0.4 is 0 Å². The van der Waals surface area contributed by atoms with Gasteiger partial charge in [0.1, 0.15) is 0 Å². The first-order valence-corrected chi connectivity index (χ1v) is 14.7. The largest absolute Gasteiger partial charge is 0.396 e. The van der Waals surface area contributed by atoms with Gasteiger partial charge in [0.05, 0.1) is 12.6 Å². The first-order chi connectivity index (χ1) is 19.7. The number of nitriles is 1. The highest BCUT2D eigenvalue weighted by Gasteiger charge is 2.21. The highest BCUT2D eigenvalue weighted by molar-refractivity contribution is 5.61. The number of hydrogen-bond acceptors (Lipinski definition) is 3. The number of allylic oxidation sites excluding steroid dienone is 2. The van der Waals surface area contributed by atoms with Crippen LogP contribution in [0.4, 0.5) is 0 Å². The summed E-state index contributed by atoms with van der Waals surface area (Å²) in [6.07, 6.45) is 9.98. The van der Waals surface area contributed by atoms with Crippen LogP contribution in [-0.4, -0.2) is 38.4 Å². The molecule has 0 bridgehead atoms. The van der Waals surface area contributed by atoms with Crippen molar-refractivity contribution in [1.29, 1.82) is 5.26 Å². The zero-order valence-corrected chi connectivity index (χ0v) is 25.5. The summed E-state index contributed by atoms with van der Waals surface area (Å²) >= 11 is 0. The van der Waals surface area contributed by atoms with Gasteiger partial charge in [0.25, 0.3) is 0 Å². The molecule has 218 valence electrons. The van der Waals surface area contributed by atoms with Crippen molar-refractivity contribution >= 4 is 12.2 Å². The second-order valence-corrected chi connectivity index (χ2v) is 10.8. The Kier molecular flexibility index (Phi) is 11.4. The molecule has 0 amide bonds. The lowest BCUT2D eigenvalue weighted by Gasteiger charge is -2.07. The predicted molar refractivity (Wildman–Crippen MR) is 167 cm³/mol. The van der Waals surface area contributed by atoms with Crippen LogP contribution in [0.15, 0.2) is 11.3 Å². The fourth-order valence-corrected chi connectivity index (χ4v) is 5.90. The Morgan fingerprint density at radius 1 is 0.780 bits per heavy atom. The Hall–Kier alpha value is -3.78. The average Bonchev–Trinajstić information content (AvgIpc) is 3.55. The molecule has 0 fully saturated rings. The lowest BCUT2D eigenvalue weighted by atomic mass is 9.97. The van der Waals surface area contributed by atoms with E-state index >= 15 is 0 Å². The van der Waals surface area contributed by atoms with Crippen molar-refractivity contribution in [2.24, 2.45) is 0 Å². The van der Waals surface area contributed by atoms with E-state index in [0.717, 1.165) is 66.1 Å². The lowest BCUT2D eigenvalue weighted by Crippen LogP contribution is -2.00. The van der Waals surface area contributed by atoms with Crippen molar-refractivity contribution in [2.45, 2.75) is 92.9 Å². The van der Waals surface area contributed by atoms with Gasteiger partial charge in [-0.3, -0.25) is 0 Å². The minimum absolute atomic E-state index is 0.133. The molecule has 3 aromatic heterocycles. The molecule has 0 radical (unpaired) electrons. The summed E-state index contributed by atoms with van der Waals surface area (Å²) in [4.78, 5) is 14.5. The molecule has 3 heterocycles. The van der Waals surface area contributed by atoms with Crippen molar-refractivity contribution in [2.75, 3.05) is 13.2 Å². The van der Waals surface area contributed by atoms with Crippen molar-refractivity contribution in [3.05, 3.63) is 90.2 Å². The van der Waals surface area contributed by atoms with Crippen LogP contribution in [0, 0.1) is 31.8 Å². The Morgan fingerprint density at radius 3 is 1.88 bits per heavy atom. The molecular weight excluding hydrogens is 510 g/mol. The minimum atomic E-state index is 0.133. The fraction of sp³-hybridized carbons (Fsp3) is 0.471. The quantitative estimate of drug-likeness (QED) is 0.113. The molecule has 7 nitrogen and oxygen atoms in total. The normalized spacial score (nSPS) is 12.1. The molecule has 0 spiro atoms. The lowest BCUT2D eigenvalue weighted by molar-refractivity contribution is 0.288. The zero-order chi connectivity index (χ0) is 30.1. The second kappa shape index (κ2) is 14.7. The van der Waals surface area contributed by atoms with Gasteiger partial charge < -0.3 is 25.2 Å². The molecule has 0 aliphatic carbocycles. The monoisotopic (exact) mass is 555 g/mol. The predicted octanol–water partition coefficient (Wildman–Crippen LogP) is 6.65. The van der Waals surface area contributed by atoms with Crippen LogP contribution in [0.2, 0.25) is 0 Å². The number of aromatic amines is 3. The molecule has 7 heteroatoms. The van der Waals surface area contributed by atoms with Gasteiger partial charge in [0, 0.05) is 65.8 Å². The third kappa shape index (κ3) is 7.30. The van der Waals surface area contributed by atoms with Crippen molar-refractivity contribution < 1.29 is 10.2 Å². The van der Waals surface area contributed by atoms with Gasteiger partial charge in [-0.2, -0.15) is 5.26 Å². The maximum absolute atomic E-state index is 9.65. The molecule has 0 atom stereocenters. The summed E-state index contributed by atoms with van der Waals surface area (Å²) in [5.41, 5.74) is 15.2. The molecule has 3 rings (SSSR count). The van der Waals surface area contributed by atoms with Crippen molar-refractivity contribution in [3.8, 4) is 6.07 Å². The van der Waals surface area contributed by atoms with E-state index in [1.807, 2.05) is 26.0 Å². The molecular formula is C34H45N5O2. The SMILES string of the molecule is [C-]#[N+]/C(C)=C\c1[nH]c(Cc2[nH]c(Cc3[nH]c(/C=C(/C)C#N)c(CC)c3CC)c(CCCO)c2C)c(CCCO)c1C. The Labute approximate surface area is 244 Å². The van der Waals surface area contributed by atoms with E-state index in [1.165, 1.54) is 33.5 Å². The van der Waals surface area contributed by atoms with Crippen LogP contribution >= 0.6 is 0 Å². The number of nitrogens with one attached hydrogen (secondary N) is 3. The van der Waals surface area contributed by atoms with Crippen LogP contribution in [0.3, 0.4) is 0 Å². The maximum atomic E-state index is 9.65. The molecule has 5 N–H and O–H groups in total. The number of hydrogen-bond donors (Lipinski definition) is 5. The minimum Gasteiger partial charge on any atom is -0.396 e. The summed E-state index contributed by atoms with van der Waals surface area (Å²) in [7, 11) is 0. The smallest absolute Gasteiger partial charge is 0.164 e. The van der Waals surface area contributed by atoms with Crippen molar-refractivity contribution in [3.63, 3.8) is 0 Å². The average molecular weight is 556 g/mol. The van der Waals surface area contributed by atoms with E-state index in [-0.39, 0.29) is 13.2 Å². The Morgan fingerprint density at radius 2 is 1.32 bits per heavy atom. The van der Waals surface area contributed by atoms with Gasteiger partial charge in [-0.25, -0.2) is 4.85 Å². The zero-order valence-electron chi connectivity index (χ0n) is 25.5. The Bertz CT molecular complexity index is 1500. The number of aliphatic hydroxyl groups excluding tert-OH is 2. The van der Waals surface area contributed by atoms with E-state index in [1.54, 1.807) is 0 Å². The third-order valence-corrected chi connectivity index (χ3v) is 8.07. The third-order valence-electron chi connectivity index (χ3n) is 8.07. The molecule has 0 unspecified atom stereocenters. The summed E-state index contributed by atoms with van der Waals surface area (Å²) < 4.78 is 0. The number of aromatic nitrogens is 3. The number of nitrogens with zero attached hydrogens (tertiary/aromatic N) is 2. The standard InChI is InChI=1S/C34H45N5O2/c1-8-25-26(9-2)32(39-31(25)16-21(3)20-35)19-34-28(13-11-15-41)24(6)30(38-34)18-33-27(12-10-14-40)23(5)29(37-33)17-22(4)36-7/h16-17,37-41H,8-15,18-19H2,1-6H3/b21-16-,22-17-. The summed E-state index contributed by atoms with van der Waals surface area (Å²) in [5.74, 6) is 0. The molecule has 0 saturated carbocycles. The topological polar surface area (TPSA) is 116 Å². The molecule has 3 aromatic rings. The summed E-state index contributed by atoms with van der Waals surface area (Å²) in [6.45, 7) is 19.8. The second-order valence-electron chi connectivity index (χ2n) is 10.8. The van der Waals surface area contributed by atoms with Gasteiger partial charge in [-0.1, -0.05) is 13.8 Å². The highest BCUT2D eigenvalue weighted by Crippen LogP contribution is 2.31. The van der Waals surface area contributed by atoms with Crippen LogP contribution in [-0.2, 0) is 38.5 Å². The maximum Gasteiger partial charge on any atom is 0.164 e. The number of rotatable bonds is 14. The molecule has 0 aromatic carbocycles. The van der Waals surface area contributed by atoms with E-state index < -0.39 is 0 Å². The van der Waals surface area contributed by atoms with E-state index in [0.29, 0.717) is 30.5 Å². The van der Waals surface area contributed by atoms with E-state index in [9.17, 15) is 15.5 Å². The number of aliphatic hydroxyl groups is 2. The van der Waals surface area contributed by atoms with Gasteiger partial charge >= 0.3 is 0 Å². The summed E-state index contributed by atoms with van der Waals surface area (Å²) in [5, 5.41) is 28.5. The van der Waals surface area contributed by atoms with E-state index in [4.69, 9.17) is 6.57 Å². The van der Waals surface area contributed by atoms with Crippen LogP contribution in [0.5, 0.6) is 0 Å². The van der Waals surface area contributed by atoms with E-state index in [2.05, 4.69) is 53.6 Å². The molecule has 0 saturated heterocycles. The highest BCUT2D eigenvalue weighted by atomic mass is 16.3. The molecule has 0 aliphatic heterocycles. The number of H-pyrrole nitrogens is 3. The van der Waals surface area contributed by atoms with Crippen LogP contribution in [0.25, 0.3) is 17.0 Å². The fourth-order valence-electron chi connectivity index (χ4n) is 5.90. The van der Waals surface area contributed by atoms with Gasteiger partial charge in [0.2, 0.25) is 0 Å². The van der Waals surface area contributed by atoms with Gasteiger partial charge in [-0.15, -0.1) is 0 Å². The molecule has 0 aliphatic rings. The first-order valence-electron chi connectivity index (χ1n) is 14.7. The Balaban J connectivity index is 2.09. The summed E-state index contributed by atoms with van der Waals surface area (Å²) in [6, 6.07) is 2.24. The van der Waals surface area contributed by atoms with Gasteiger partial charge in [-0.05, 0) is 112 Å². The first kappa shape index (κ1) is 31.7. The molecule has 41 heavy (non-hydrogen) atoms. The van der Waals surface area contributed by atoms with Crippen molar-refractivity contribution in [1.82, 2.24) is 15.0 Å². The van der Waals surface area contributed by atoms with Crippen LogP contribution in [0.1, 0.15) is 108 Å². The van der Waals surface area contributed by atoms with Gasteiger partial charge in [0.15, 0.2) is 5.70 Å².